The number of hydrogen-bond donors (Lipinski definition) is 0. The number of rotatable bonds is 5. The Kier molecular flexibility index (Phi) is 5.67. The number of halogens is 1. The lowest BCUT2D eigenvalue weighted by atomic mass is 10.1. The summed E-state index contributed by atoms with van der Waals surface area (Å²) in [5.74, 6) is 0.0728. The van der Waals surface area contributed by atoms with E-state index in [-0.39, 0.29) is 11.8 Å². The molecule has 8 heteroatoms. The van der Waals surface area contributed by atoms with Gasteiger partial charge in [-0.05, 0) is 13.8 Å². The minimum absolute atomic E-state index is 0.117. The molecule has 3 heterocycles. The van der Waals surface area contributed by atoms with E-state index in [1.54, 1.807) is 0 Å². The maximum Gasteiger partial charge on any atom is 0.227 e. The van der Waals surface area contributed by atoms with Crippen molar-refractivity contribution in [2.45, 2.75) is 33.9 Å². The number of carbonyl (C=O) groups is 1. The summed E-state index contributed by atoms with van der Waals surface area (Å²) in [6.07, 6.45) is 3.94. The van der Waals surface area contributed by atoms with Gasteiger partial charge >= 0.3 is 0 Å². The minimum Gasteiger partial charge on any atom is -0.340 e. The quantitative estimate of drug-likeness (QED) is 0.796. The Labute approximate surface area is 159 Å². The van der Waals surface area contributed by atoms with Crippen molar-refractivity contribution in [2.75, 3.05) is 26.2 Å². The van der Waals surface area contributed by atoms with Gasteiger partial charge in [-0.2, -0.15) is 10.2 Å². The SMILES string of the molecule is Cc1nn(CC(C)C(=O)N2CCN(Cc3cnn(C)c3)CC2)c(C)c1Cl. The third-order valence-electron chi connectivity index (χ3n) is 5.01. The molecule has 1 amide bonds. The number of aromatic nitrogens is 4. The van der Waals surface area contributed by atoms with Gasteiger partial charge in [-0.15, -0.1) is 0 Å². The maximum absolute atomic E-state index is 12.8. The van der Waals surface area contributed by atoms with Gasteiger partial charge in [-0.25, -0.2) is 0 Å². The second-order valence-electron chi connectivity index (χ2n) is 7.19. The second-order valence-corrected chi connectivity index (χ2v) is 7.57. The van der Waals surface area contributed by atoms with Crippen LogP contribution in [0.2, 0.25) is 5.02 Å². The number of amides is 1. The van der Waals surface area contributed by atoms with Crippen molar-refractivity contribution in [3.8, 4) is 0 Å². The summed E-state index contributed by atoms with van der Waals surface area (Å²) in [5.41, 5.74) is 2.94. The molecule has 0 aliphatic carbocycles. The fraction of sp³-hybridized carbons (Fsp3) is 0.611. The van der Waals surface area contributed by atoms with Gasteiger partial charge in [0.05, 0.1) is 35.1 Å². The van der Waals surface area contributed by atoms with Gasteiger partial charge in [-0.1, -0.05) is 18.5 Å². The van der Waals surface area contributed by atoms with Crippen molar-refractivity contribution in [1.82, 2.24) is 29.4 Å². The Hall–Kier alpha value is -1.86. The Morgan fingerprint density at radius 1 is 1.27 bits per heavy atom. The zero-order valence-corrected chi connectivity index (χ0v) is 16.7. The van der Waals surface area contributed by atoms with Crippen LogP contribution < -0.4 is 0 Å². The zero-order chi connectivity index (χ0) is 18.8. The summed E-state index contributed by atoms with van der Waals surface area (Å²) >= 11 is 6.20. The number of piperazine rings is 1. The summed E-state index contributed by atoms with van der Waals surface area (Å²) in [6, 6.07) is 0. The van der Waals surface area contributed by atoms with Crippen LogP contribution in [0.5, 0.6) is 0 Å². The normalized spacial score (nSPS) is 16.9. The van der Waals surface area contributed by atoms with E-state index in [2.05, 4.69) is 15.1 Å². The first-order valence-corrected chi connectivity index (χ1v) is 9.41. The molecule has 142 valence electrons. The van der Waals surface area contributed by atoms with Crippen molar-refractivity contribution in [2.24, 2.45) is 13.0 Å². The molecule has 1 aliphatic rings. The van der Waals surface area contributed by atoms with Crippen molar-refractivity contribution in [3.05, 3.63) is 34.4 Å². The van der Waals surface area contributed by atoms with E-state index < -0.39 is 0 Å². The highest BCUT2D eigenvalue weighted by molar-refractivity contribution is 6.31. The maximum atomic E-state index is 12.8. The van der Waals surface area contributed by atoms with Crippen LogP contribution in [-0.2, 0) is 24.9 Å². The van der Waals surface area contributed by atoms with E-state index >= 15 is 0 Å². The van der Waals surface area contributed by atoms with Crippen LogP contribution in [0, 0.1) is 19.8 Å². The summed E-state index contributed by atoms with van der Waals surface area (Å²) in [6.45, 7) is 10.6. The van der Waals surface area contributed by atoms with Crippen LogP contribution in [0.3, 0.4) is 0 Å². The van der Waals surface area contributed by atoms with Gasteiger partial charge in [-0.3, -0.25) is 19.1 Å². The van der Waals surface area contributed by atoms with E-state index in [1.165, 1.54) is 5.56 Å². The average Bonchev–Trinajstić information content (AvgIpc) is 3.13. The van der Waals surface area contributed by atoms with Gasteiger partial charge in [0.2, 0.25) is 5.91 Å². The standard InChI is InChI=1S/C18H27ClN6O/c1-13(10-25-15(3)17(19)14(2)21-25)18(26)24-7-5-23(6-8-24)12-16-9-20-22(4)11-16/h9,11,13H,5-8,10,12H2,1-4H3. The molecule has 0 radical (unpaired) electrons. The summed E-state index contributed by atoms with van der Waals surface area (Å²) in [5, 5.41) is 9.34. The average molecular weight is 379 g/mol. The first kappa shape index (κ1) is 18.9. The molecule has 7 nitrogen and oxygen atoms in total. The molecule has 2 aromatic rings. The summed E-state index contributed by atoms with van der Waals surface area (Å²) < 4.78 is 3.67. The fourth-order valence-electron chi connectivity index (χ4n) is 3.44. The van der Waals surface area contributed by atoms with E-state index in [0.29, 0.717) is 11.6 Å². The van der Waals surface area contributed by atoms with Gasteiger partial charge in [0.15, 0.2) is 0 Å². The van der Waals surface area contributed by atoms with Gasteiger partial charge < -0.3 is 4.90 Å². The van der Waals surface area contributed by atoms with Crippen molar-refractivity contribution < 1.29 is 4.79 Å². The number of carbonyl (C=O) groups excluding carboxylic acids is 1. The molecular weight excluding hydrogens is 352 g/mol. The molecule has 2 aromatic heterocycles. The lowest BCUT2D eigenvalue weighted by molar-refractivity contribution is -0.137. The third-order valence-corrected chi connectivity index (χ3v) is 5.56. The molecule has 1 aliphatic heterocycles. The third kappa shape index (κ3) is 4.10. The minimum atomic E-state index is -0.117. The van der Waals surface area contributed by atoms with E-state index in [9.17, 15) is 4.79 Å². The van der Waals surface area contributed by atoms with Crippen LogP contribution in [0.25, 0.3) is 0 Å². The van der Waals surface area contributed by atoms with Gasteiger partial charge in [0, 0.05) is 51.5 Å². The number of nitrogens with zero attached hydrogens (tertiary/aromatic N) is 6. The van der Waals surface area contributed by atoms with Crippen molar-refractivity contribution in [3.63, 3.8) is 0 Å². The first-order chi connectivity index (χ1) is 12.3. The van der Waals surface area contributed by atoms with Crippen LogP contribution in [-0.4, -0.2) is 61.4 Å². The van der Waals surface area contributed by atoms with E-state index in [1.807, 2.05) is 54.5 Å². The summed E-state index contributed by atoms with van der Waals surface area (Å²) in [4.78, 5) is 17.1. The smallest absolute Gasteiger partial charge is 0.227 e. The Balaban J connectivity index is 1.51. The Morgan fingerprint density at radius 2 is 1.96 bits per heavy atom. The van der Waals surface area contributed by atoms with Gasteiger partial charge in [0.1, 0.15) is 0 Å². The van der Waals surface area contributed by atoms with Crippen molar-refractivity contribution in [1.29, 1.82) is 0 Å². The topological polar surface area (TPSA) is 59.2 Å². The predicted octanol–water partition coefficient (Wildman–Crippen LogP) is 1.87. The highest BCUT2D eigenvalue weighted by Crippen LogP contribution is 2.20. The number of aryl methyl sites for hydroxylation is 2. The predicted molar refractivity (Wildman–Crippen MR) is 101 cm³/mol. The molecule has 26 heavy (non-hydrogen) atoms. The molecule has 1 unspecified atom stereocenters. The van der Waals surface area contributed by atoms with Gasteiger partial charge in [0.25, 0.3) is 0 Å². The Morgan fingerprint density at radius 3 is 2.50 bits per heavy atom. The molecule has 0 N–H and O–H groups in total. The molecular formula is C18H27ClN6O. The monoisotopic (exact) mass is 378 g/mol. The van der Waals surface area contributed by atoms with E-state index in [4.69, 9.17) is 11.6 Å². The largest absolute Gasteiger partial charge is 0.340 e. The fourth-order valence-corrected chi connectivity index (χ4v) is 3.58. The van der Waals surface area contributed by atoms with Crippen molar-refractivity contribution >= 4 is 17.5 Å². The number of hydrogen-bond acceptors (Lipinski definition) is 4. The molecule has 3 rings (SSSR count). The molecule has 0 saturated carbocycles. The molecule has 0 spiro atoms. The second kappa shape index (κ2) is 7.80. The molecule has 0 aromatic carbocycles. The van der Waals surface area contributed by atoms with Crippen LogP contribution in [0.4, 0.5) is 0 Å². The van der Waals surface area contributed by atoms with Crippen LogP contribution in [0.1, 0.15) is 23.9 Å². The molecule has 0 bridgehead atoms. The lowest BCUT2D eigenvalue weighted by Gasteiger charge is -2.35. The highest BCUT2D eigenvalue weighted by Gasteiger charge is 2.26. The van der Waals surface area contributed by atoms with Crippen LogP contribution in [0.15, 0.2) is 12.4 Å². The van der Waals surface area contributed by atoms with E-state index in [0.717, 1.165) is 44.1 Å². The molecule has 1 fully saturated rings. The Bertz CT molecular complexity index is 775. The molecule has 1 atom stereocenters. The first-order valence-electron chi connectivity index (χ1n) is 9.03. The highest BCUT2D eigenvalue weighted by atomic mass is 35.5. The lowest BCUT2D eigenvalue weighted by Crippen LogP contribution is -2.50. The van der Waals surface area contributed by atoms with Crippen LogP contribution >= 0.6 is 11.6 Å². The summed E-state index contributed by atoms with van der Waals surface area (Å²) in [7, 11) is 1.93. The molecule has 1 saturated heterocycles. The zero-order valence-electron chi connectivity index (χ0n) is 15.9.